The number of benzene rings is 8. The van der Waals surface area contributed by atoms with Gasteiger partial charge in [-0.15, -0.1) is 0 Å². The molecule has 6 nitrogen and oxygen atoms in total. The second-order valence-corrected chi connectivity index (χ2v) is 14.9. The van der Waals surface area contributed by atoms with E-state index in [1.807, 2.05) is 12.1 Å². The van der Waals surface area contributed by atoms with E-state index in [0.717, 1.165) is 54.7 Å². The maximum absolute atomic E-state index is 6.73. The number of aromatic nitrogens is 5. The minimum atomic E-state index is 0.597. The van der Waals surface area contributed by atoms with Crippen LogP contribution in [0.3, 0.4) is 0 Å². The summed E-state index contributed by atoms with van der Waals surface area (Å²) in [7, 11) is 0. The van der Waals surface area contributed by atoms with E-state index < -0.39 is 0 Å². The summed E-state index contributed by atoms with van der Waals surface area (Å²) >= 11 is 0. The molecule has 0 aliphatic carbocycles. The van der Waals surface area contributed by atoms with E-state index in [1.54, 1.807) is 0 Å². The molecule has 0 spiro atoms. The Kier molecular flexibility index (Phi) is 5.18. The molecule has 0 N–H and O–H groups in total. The topological polar surface area (TPSA) is 53.2 Å². The molecule has 0 atom stereocenters. The molecule has 8 aromatic carbocycles. The molecule has 0 radical (unpaired) electrons. The van der Waals surface area contributed by atoms with E-state index in [-0.39, 0.29) is 0 Å². The summed E-state index contributed by atoms with van der Waals surface area (Å²) < 4.78 is 13.8. The predicted octanol–water partition coefficient (Wildman–Crippen LogP) is 12.9. The van der Waals surface area contributed by atoms with Gasteiger partial charge >= 0.3 is 0 Å². The van der Waals surface area contributed by atoms with E-state index in [2.05, 4.69) is 165 Å². The fraction of sp³-hybridized carbons (Fsp3) is 0. The first-order valence-corrected chi connectivity index (χ1v) is 19.0. The van der Waals surface area contributed by atoms with Crippen LogP contribution in [0, 0.1) is 0 Å². The van der Waals surface area contributed by atoms with Gasteiger partial charge in [0.05, 0.1) is 38.6 Å². The monoisotopic (exact) mass is 713 g/mol. The van der Waals surface area contributed by atoms with Crippen molar-refractivity contribution in [3.05, 3.63) is 164 Å². The Hall–Kier alpha value is -7.70. The molecular formula is C50H27N5O. The van der Waals surface area contributed by atoms with E-state index in [0.29, 0.717) is 17.3 Å². The Morgan fingerprint density at radius 2 is 0.946 bits per heavy atom. The molecule has 258 valence electrons. The van der Waals surface area contributed by atoms with Crippen LogP contribution < -0.4 is 0 Å². The van der Waals surface area contributed by atoms with Gasteiger partial charge in [0, 0.05) is 53.9 Å². The van der Waals surface area contributed by atoms with Crippen LogP contribution in [-0.4, -0.2) is 23.5 Å². The molecule has 6 heterocycles. The highest BCUT2D eigenvalue weighted by Gasteiger charge is 2.28. The second kappa shape index (κ2) is 10.1. The molecule has 0 saturated carbocycles. The van der Waals surface area contributed by atoms with Gasteiger partial charge in [-0.1, -0.05) is 121 Å². The van der Waals surface area contributed by atoms with Gasteiger partial charge in [0.15, 0.2) is 11.4 Å². The predicted molar refractivity (Wildman–Crippen MR) is 230 cm³/mol. The molecular weight excluding hydrogens is 687 g/mol. The molecule has 0 aliphatic heterocycles. The van der Waals surface area contributed by atoms with E-state index >= 15 is 0 Å². The van der Waals surface area contributed by atoms with Crippen LogP contribution in [0.1, 0.15) is 0 Å². The highest BCUT2D eigenvalue weighted by molar-refractivity contribution is 6.36. The average Bonchev–Trinajstić information content (AvgIpc) is 4.05. The molecule has 0 fully saturated rings. The molecule has 0 saturated heterocycles. The summed E-state index contributed by atoms with van der Waals surface area (Å²) in [6.45, 7) is 0. The summed E-state index contributed by atoms with van der Waals surface area (Å²) in [5, 5.41) is 13.0. The molecule has 14 aromatic rings. The zero-order valence-corrected chi connectivity index (χ0v) is 29.7. The lowest BCUT2D eigenvalue weighted by Gasteiger charge is -2.12. The van der Waals surface area contributed by atoms with Gasteiger partial charge in [-0.25, -0.2) is 4.98 Å². The van der Waals surface area contributed by atoms with Gasteiger partial charge in [0.25, 0.3) is 0 Å². The van der Waals surface area contributed by atoms with Gasteiger partial charge in [-0.3, -0.25) is 9.13 Å². The van der Waals surface area contributed by atoms with Gasteiger partial charge < -0.3 is 8.82 Å². The number of para-hydroxylation sites is 5. The van der Waals surface area contributed by atoms with Gasteiger partial charge in [-0.2, -0.15) is 4.98 Å². The number of hydrogen-bond donors (Lipinski definition) is 0. The van der Waals surface area contributed by atoms with E-state index in [1.165, 1.54) is 54.3 Å². The van der Waals surface area contributed by atoms with Crippen molar-refractivity contribution >= 4 is 115 Å². The molecule has 0 amide bonds. The van der Waals surface area contributed by atoms with Gasteiger partial charge in [0.1, 0.15) is 11.1 Å². The van der Waals surface area contributed by atoms with Crippen molar-refractivity contribution in [3.63, 3.8) is 0 Å². The summed E-state index contributed by atoms with van der Waals surface area (Å²) in [6, 6.07) is 58.5. The summed E-state index contributed by atoms with van der Waals surface area (Å²) in [6.07, 6.45) is 0. The minimum Gasteiger partial charge on any atom is -0.450 e. The van der Waals surface area contributed by atoms with Crippen molar-refractivity contribution in [2.75, 3.05) is 0 Å². The van der Waals surface area contributed by atoms with Gasteiger partial charge in [-0.05, 0) is 47.9 Å². The first kappa shape index (κ1) is 28.8. The smallest absolute Gasteiger partial charge is 0.237 e. The molecule has 6 aromatic heterocycles. The number of fused-ring (bicyclic) bond motifs is 18. The molecule has 14 rings (SSSR count). The normalized spacial score (nSPS) is 12.6. The van der Waals surface area contributed by atoms with E-state index in [4.69, 9.17) is 14.4 Å². The second-order valence-electron chi connectivity index (χ2n) is 14.9. The molecule has 0 aliphatic rings. The average molecular weight is 714 g/mol. The third-order valence-electron chi connectivity index (χ3n) is 12.2. The SMILES string of the molecule is c1ccc2c(c1)ccc1c3c4c(cc5c6ccccc6n(c21)c53)c1ccccc1n4-c1nc(-n2c3ccccc3c3ccccc32)c2oc3ccccc3c2n1. The maximum Gasteiger partial charge on any atom is 0.237 e. The number of hydrogen-bond acceptors (Lipinski definition) is 3. The summed E-state index contributed by atoms with van der Waals surface area (Å²) in [4.78, 5) is 11.1. The van der Waals surface area contributed by atoms with Crippen LogP contribution in [0.5, 0.6) is 0 Å². The maximum atomic E-state index is 6.73. The van der Waals surface area contributed by atoms with Crippen molar-refractivity contribution in [1.29, 1.82) is 0 Å². The lowest BCUT2D eigenvalue weighted by Crippen LogP contribution is -2.06. The molecule has 0 bridgehead atoms. The summed E-state index contributed by atoms with van der Waals surface area (Å²) in [5.74, 6) is 1.31. The number of nitrogens with zero attached hydrogens (tertiary/aromatic N) is 5. The Bertz CT molecular complexity index is 3960. The molecule has 6 heteroatoms. The fourth-order valence-corrected chi connectivity index (χ4v) is 9.93. The molecule has 0 unspecified atom stereocenters. The van der Waals surface area contributed by atoms with Crippen LogP contribution in [0.25, 0.3) is 126 Å². The van der Waals surface area contributed by atoms with E-state index in [9.17, 15) is 0 Å². The lowest BCUT2D eigenvalue weighted by molar-refractivity contribution is 0.661. The minimum absolute atomic E-state index is 0.597. The first-order valence-electron chi connectivity index (χ1n) is 19.0. The quantitative estimate of drug-likeness (QED) is 0.179. The van der Waals surface area contributed by atoms with Crippen molar-refractivity contribution in [1.82, 2.24) is 23.5 Å². The lowest BCUT2D eigenvalue weighted by atomic mass is 10.0. The van der Waals surface area contributed by atoms with Crippen molar-refractivity contribution in [2.24, 2.45) is 0 Å². The summed E-state index contributed by atoms with van der Waals surface area (Å²) in [5.41, 5.74) is 10.1. The standard InChI is InChI=1S/C50H27N5O/c1-2-14-29-28(13-1)25-26-35-43-46-36(32-17-5-10-22-40(32)54(46)45(29)35)27-37-33-18-6-11-23-41(33)55(47(37)43)50-51-44-34-19-7-12-24-42(34)56-48(44)49(52-50)53-38-20-8-3-15-30(38)31-16-4-9-21-39(31)53/h1-27H. The van der Waals surface area contributed by atoms with Crippen molar-refractivity contribution in [3.8, 4) is 11.8 Å². The van der Waals surface area contributed by atoms with Crippen LogP contribution in [0.4, 0.5) is 0 Å². The zero-order chi connectivity index (χ0) is 36.2. The Balaban J connectivity index is 1.23. The van der Waals surface area contributed by atoms with Crippen LogP contribution in [0.15, 0.2) is 168 Å². The fourth-order valence-electron chi connectivity index (χ4n) is 9.93. The van der Waals surface area contributed by atoms with Gasteiger partial charge in [0.2, 0.25) is 5.95 Å². The van der Waals surface area contributed by atoms with Crippen LogP contribution in [-0.2, 0) is 0 Å². The third kappa shape index (κ3) is 3.39. The Labute approximate surface area is 317 Å². The van der Waals surface area contributed by atoms with Crippen molar-refractivity contribution < 1.29 is 4.42 Å². The molecule has 56 heavy (non-hydrogen) atoms. The highest BCUT2D eigenvalue weighted by Crippen LogP contribution is 2.48. The van der Waals surface area contributed by atoms with Crippen molar-refractivity contribution in [2.45, 2.75) is 0 Å². The number of furan rings is 1. The third-order valence-corrected chi connectivity index (χ3v) is 12.2. The largest absolute Gasteiger partial charge is 0.450 e. The number of rotatable bonds is 2. The van der Waals surface area contributed by atoms with Crippen LogP contribution >= 0.6 is 0 Å². The van der Waals surface area contributed by atoms with Crippen LogP contribution in [0.2, 0.25) is 0 Å². The Morgan fingerprint density at radius 1 is 0.393 bits per heavy atom. The zero-order valence-electron chi connectivity index (χ0n) is 29.7. The first-order chi connectivity index (χ1) is 27.8. The highest BCUT2D eigenvalue weighted by atomic mass is 16.3. The Morgan fingerprint density at radius 3 is 1.68 bits per heavy atom.